The number of nitrogens with one attached hydrogen (secondary N) is 1. The van der Waals surface area contributed by atoms with E-state index < -0.39 is 0 Å². The Hall–Kier alpha value is 0.0600. The van der Waals surface area contributed by atoms with Crippen LogP contribution in [0.2, 0.25) is 5.02 Å². The summed E-state index contributed by atoms with van der Waals surface area (Å²) in [7, 11) is 0. The van der Waals surface area contributed by atoms with Crippen molar-refractivity contribution in [1.29, 1.82) is 0 Å². The second kappa shape index (κ2) is 5.41. The molecule has 0 saturated heterocycles. The van der Waals surface area contributed by atoms with Gasteiger partial charge in [0.1, 0.15) is 0 Å². The third kappa shape index (κ3) is 2.79. The normalized spacial score (nSPS) is 18.3. The first-order valence-corrected chi connectivity index (χ1v) is 5.99. The fourth-order valence-corrected chi connectivity index (χ4v) is 2.15. The molecule has 0 aromatic heterocycles. The molecular formula is C10H12ClIN2S. The number of fused-ring (bicyclic) bond motifs is 1. The molecule has 0 bridgehead atoms. The molecule has 0 amide bonds. The average Bonchev–Trinajstić information content (AvgIpc) is 2.19. The van der Waals surface area contributed by atoms with Gasteiger partial charge in [-0.05, 0) is 31.4 Å². The first-order chi connectivity index (χ1) is 6.70. The van der Waals surface area contributed by atoms with E-state index in [-0.39, 0.29) is 30.0 Å². The SMILES string of the molecule is CSC1=NC(C)c2cc(Cl)ccc2N1.I. The lowest BCUT2D eigenvalue weighted by Gasteiger charge is -2.21. The number of rotatable bonds is 0. The summed E-state index contributed by atoms with van der Waals surface area (Å²) in [5, 5.41) is 4.99. The zero-order chi connectivity index (χ0) is 10.1. The first kappa shape index (κ1) is 13.1. The molecule has 1 atom stereocenters. The molecule has 1 aromatic carbocycles. The minimum absolute atomic E-state index is 0. The van der Waals surface area contributed by atoms with Gasteiger partial charge in [0.2, 0.25) is 0 Å². The van der Waals surface area contributed by atoms with Crippen molar-refractivity contribution in [3.05, 3.63) is 28.8 Å². The highest BCUT2D eigenvalue weighted by Gasteiger charge is 2.17. The quantitative estimate of drug-likeness (QED) is 0.707. The number of hydrogen-bond donors (Lipinski definition) is 1. The van der Waals surface area contributed by atoms with Crippen LogP contribution in [0.3, 0.4) is 0 Å². The second-order valence-corrected chi connectivity index (χ2v) is 4.40. The van der Waals surface area contributed by atoms with Crippen molar-refractivity contribution < 1.29 is 0 Å². The zero-order valence-corrected chi connectivity index (χ0v) is 12.4. The Labute approximate surface area is 116 Å². The maximum atomic E-state index is 5.93. The lowest BCUT2D eigenvalue weighted by molar-refractivity contribution is 0.817. The lowest BCUT2D eigenvalue weighted by Crippen LogP contribution is -2.16. The Morgan fingerprint density at radius 3 is 2.87 bits per heavy atom. The van der Waals surface area contributed by atoms with Gasteiger partial charge >= 0.3 is 0 Å². The van der Waals surface area contributed by atoms with Crippen molar-refractivity contribution in [3.63, 3.8) is 0 Å². The van der Waals surface area contributed by atoms with Crippen LogP contribution in [0.4, 0.5) is 5.69 Å². The molecular weight excluding hydrogens is 343 g/mol. The topological polar surface area (TPSA) is 24.4 Å². The maximum Gasteiger partial charge on any atom is 0.161 e. The summed E-state index contributed by atoms with van der Waals surface area (Å²) in [4.78, 5) is 4.49. The Bertz CT molecular complexity index is 395. The highest BCUT2D eigenvalue weighted by Crippen LogP contribution is 2.32. The third-order valence-electron chi connectivity index (χ3n) is 2.21. The van der Waals surface area contributed by atoms with E-state index in [2.05, 4.69) is 17.2 Å². The second-order valence-electron chi connectivity index (χ2n) is 3.17. The van der Waals surface area contributed by atoms with E-state index >= 15 is 0 Å². The molecule has 0 fully saturated rings. The van der Waals surface area contributed by atoms with Gasteiger partial charge in [-0.3, -0.25) is 4.99 Å². The van der Waals surface area contributed by atoms with Gasteiger partial charge in [0, 0.05) is 16.3 Å². The summed E-state index contributed by atoms with van der Waals surface area (Å²) in [5.74, 6) is 0. The molecule has 0 saturated carbocycles. The van der Waals surface area contributed by atoms with Crippen LogP contribution in [0, 0.1) is 0 Å². The number of nitrogens with zero attached hydrogens (tertiary/aromatic N) is 1. The molecule has 15 heavy (non-hydrogen) atoms. The van der Waals surface area contributed by atoms with E-state index in [0.717, 1.165) is 21.4 Å². The number of hydrogen-bond acceptors (Lipinski definition) is 3. The summed E-state index contributed by atoms with van der Waals surface area (Å²) in [6.07, 6.45) is 2.01. The van der Waals surface area contributed by atoms with E-state index in [1.807, 2.05) is 24.5 Å². The van der Waals surface area contributed by atoms with Crippen molar-refractivity contribution in [2.45, 2.75) is 13.0 Å². The number of halogens is 2. The molecule has 1 aliphatic heterocycles. The average molecular weight is 355 g/mol. The van der Waals surface area contributed by atoms with Crippen LogP contribution in [0.25, 0.3) is 0 Å². The molecule has 1 aliphatic rings. The molecule has 0 radical (unpaired) electrons. The highest BCUT2D eigenvalue weighted by atomic mass is 127. The van der Waals surface area contributed by atoms with E-state index in [9.17, 15) is 0 Å². The Morgan fingerprint density at radius 2 is 2.20 bits per heavy atom. The van der Waals surface area contributed by atoms with Gasteiger partial charge in [-0.25, -0.2) is 0 Å². The molecule has 82 valence electrons. The van der Waals surface area contributed by atoms with Gasteiger partial charge in [0.25, 0.3) is 0 Å². The van der Waals surface area contributed by atoms with Gasteiger partial charge in [-0.2, -0.15) is 0 Å². The van der Waals surface area contributed by atoms with Crippen molar-refractivity contribution in [2.24, 2.45) is 4.99 Å². The summed E-state index contributed by atoms with van der Waals surface area (Å²) in [6, 6.07) is 6.05. The monoisotopic (exact) mass is 354 g/mol. The highest BCUT2D eigenvalue weighted by molar-refractivity contribution is 14.0. The molecule has 1 aromatic rings. The number of aliphatic imine (C=N–C) groups is 1. The standard InChI is InChI=1S/C10H11ClN2S.HI/c1-6-8-5-7(11)3-4-9(8)13-10(12-6)14-2;/h3-6H,1-2H3,(H,12,13);1H. The fourth-order valence-electron chi connectivity index (χ4n) is 1.49. The minimum atomic E-state index is 0. The smallest absolute Gasteiger partial charge is 0.161 e. The predicted octanol–water partition coefficient (Wildman–Crippen LogP) is 4.16. The molecule has 1 unspecified atom stereocenters. The van der Waals surface area contributed by atoms with Crippen LogP contribution in [-0.4, -0.2) is 11.4 Å². The van der Waals surface area contributed by atoms with Crippen molar-refractivity contribution in [3.8, 4) is 0 Å². The predicted molar refractivity (Wildman–Crippen MR) is 79.9 cm³/mol. The number of benzene rings is 1. The minimum Gasteiger partial charge on any atom is -0.335 e. The van der Waals surface area contributed by atoms with E-state index in [0.29, 0.717) is 0 Å². The molecule has 2 rings (SSSR count). The van der Waals surface area contributed by atoms with Crippen LogP contribution in [-0.2, 0) is 0 Å². The van der Waals surface area contributed by atoms with Crippen molar-refractivity contribution >= 4 is 58.2 Å². The van der Waals surface area contributed by atoms with Gasteiger partial charge < -0.3 is 5.32 Å². The van der Waals surface area contributed by atoms with Crippen LogP contribution in [0.1, 0.15) is 18.5 Å². The van der Waals surface area contributed by atoms with Gasteiger partial charge in [-0.1, -0.05) is 23.4 Å². The number of thioether (sulfide) groups is 1. The number of amidine groups is 1. The van der Waals surface area contributed by atoms with E-state index in [1.165, 1.54) is 0 Å². The lowest BCUT2D eigenvalue weighted by atomic mass is 10.1. The van der Waals surface area contributed by atoms with Crippen LogP contribution >= 0.6 is 47.3 Å². The summed E-state index contributed by atoms with van der Waals surface area (Å²) >= 11 is 7.55. The fraction of sp³-hybridized carbons (Fsp3) is 0.300. The van der Waals surface area contributed by atoms with Crippen LogP contribution in [0.5, 0.6) is 0 Å². The third-order valence-corrected chi connectivity index (χ3v) is 3.04. The molecule has 2 nitrogen and oxygen atoms in total. The molecule has 1 N–H and O–H groups in total. The first-order valence-electron chi connectivity index (χ1n) is 4.39. The Kier molecular flexibility index (Phi) is 4.73. The van der Waals surface area contributed by atoms with Crippen molar-refractivity contribution in [2.75, 3.05) is 11.6 Å². The summed E-state index contributed by atoms with van der Waals surface area (Å²) < 4.78 is 0. The van der Waals surface area contributed by atoms with E-state index in [1.54, 1.807) is 11.8 Å². The summed E-state index contributed by atoms with van der Waals surface area (Å²) in [6.45, 7) is 2.08. The van der Waals surface area contributed by atoms with Gasteiger partial charge in [0.05, 0.1) is 6.04 Å². The van der Waals surface area contributed by atoms with Gasteiger partial charge in [-0.15, -0.1) is 24.0 Å². The van der Waals surface area contributed by atoms with Crippen LogP contribution in [0.15, 0.2) is 23.2 Å². The molecule has 0 aliphatic carbocycles. The van der Waals surface area contributed by atoms with Crippen molar-refractivity contribution in [1.82, 2.24) is 0 Å². The Morgan fingerprint density at radius 1 is 1.47 bits per heavy atom. The zero-order valence-electron chi connectivity index (χ0n) is 8.45. The van der Waals surface area contributed by atoms with Gasteiger partial charge in [0.15, 0.2) is 5.17 Å². The largest absolute Gasteiger partial charge is 0.335 e. The molecule has 0 spiro atoms. The number of anilines is 1. The summed E-state index contributed by atoms with van der Waals surface area (Å²) in [5.41, 5.74) is 2.27. The molecule has 5 heteroatoms. The molecule has 1 heterocycles. The Balaban J connectivity index is 0.00000112. The van der Waals surface area contributed by atoms with Crippen LogP contribution < -0.4 is 5.32 Å². The maximum absolute atomic E-state index is 5.93. The van der Waals surface area contributed by atoms with E-state index in [4.69, 9.17) is 11.6 Å².